The molecule has 0 N–H and O–H groups in total. The molecule has 73 heavy (non-hydrogen) atoms. The smallest absolute Gasteiger partial charge is 0.296 e. The highest BCUT2D eigenvalue weighted by Crippen LogP contribution is 2.67. The zero-order chi connectivity index (χ0) is 48.4. The third-order valence-corrected chi connectivity index (χ3v) is 15.8. The highest BCUT2D eigenvalue weighted by atomic mass is 16.3. The Morgan fingerprint density at radius 2 is 0.466 bits per heavy atom. The summed E-state index contributed by atoms with van der Waals surface area (Å²) in [4.78, 5) is 10.1. The number of aryl methyl sites for hydroxylation is 4. The summed E-state index contributed by atoms with van der Waals surface area (Å²) in [6.07, 6.45) is 0. The molecule has 0 amide bonds. The summed E-state index contributed by atoms with van der Waals surface area (Å²) in [6.45, 7) is 8.84. The van der Waals surface area contributed by atoms with Gasteiger partial charge in [0.2, 0.25) is 0 Å². The van der Waals surface area contributed by atoms with Gasteiger partial charge in [0.15, 0.2) is 22.3 Å². The van der Waals surface area contributed by atoms with Crippen LogP contribution < -0.4 is 19.6 Å². The molecule has 2 aliphatic heterocycles. The Kier molecular flexibility index (Phi) is 7.94. The maximum atomic E-state index is 7.18. The van der Waals surface area contributed by atoms with Crippen molar-refractivity contribution in [2.75, 3.05) is 19.6 Å². The second-order valence-electron chi connectivity index (χ2n) is 19.8. The van der Waals surface area contributed by atoms with Crippen LogP contribution in [-0.4, -0.2) is 5.91 Å². The predicted octanol–water partition coefficient (Wildman–Crippen LogP) is 18.4. The predicted molar refractivity (Wildman–Crippen MR) is 298 cm³/mol. The molecule has 16 rings (SSSR count). The largest absolute Gasteiger partial charge is 0.454 e. The minimum Gasteiger partial charge on any atom is -0.454 e. The summed E-state index contributed by atoms with van der Waals surface area (Å²) in [5.41, 5.74) is 18.4. The van der Waals surface area contributed by atoms with Crippen LogP contribution in [-0.2, 0) is 0 Å². The van der Waals surface area contributed by atoms with E-state index in [1.807, 2.05) is 24.3 Å². The van der Waals surface area contributed by atoms with Crippen LogP contribution in [0, 0.1) is 27.7 Å². The number of fused-ring (bicyclic) bond motifs is 14. The fourth-order valence-electron chi connectivity index (χ4n) is 12.3. The normalized spacial score (nSPS) is 14.3. The number of benzene rings is 10. The third-order valence-electron chi connectivity index (χ3n) is 15.8. The van der Waals surface area contributed by atoms with Gasteiger partial charge >= 0.3 is 0 Å². The molecule has 1 spiro atoms. The minimum absolute atomic E-state index is 0.767. The van der Waals surface area contributed by atoms with E-state index in [1.165, 1.54) is 0 Å². The van der Waals surface area contributed by atoms with E-state index in [0.29, 0.717) is 0 Å². The average Bonchev–Trinajstić information content (AvgIpc) is 4.28. The van der Waals surface area contributed by atoms with Gasteiger partial charge in [0, 0.05) is 43.1 Å². The van der Waals surface area contributed by atoms with Crippen molar-refractivity contribution in [1.29, 1.82) is 0 Å². The van der Waals surface area contributed by atoms with Crippen LogP contribution in [0.5, 0.6) is 0 Å². The van der Waals surface area contributed by atoms with Crippen molar-refractivity contribution in [2.24, 2.45) is 0 Å². The Labute approximate surface area is 418 Å². The van der Waals surface area contributed by atoms with Crippen molar-refractivity contribution in [3.8, 4) is 0 Å². The molecule has 0 radical (unpaired) electrons. The molecule has 0 saturated carbocycles. The van der Waals surface area contributed by atoms with Gasteiger partial charge in [-0.25, -0.2) is 0 Å². The van der Waals surface area contributed by atoms with E-state index < -0.39 is 5.91 Å². The topological polar surface area (TPSA) is 65.5 Å². The lowest BCUT2D eigenvalue weighted by Crippen LogP contribution is -2.70. The van der Waals surface area contributed by atoms with E-state index in [4.69, 9.17) is 17.7 Å². The number of hydrogen-bond donors (Lipinski definition) is 0. The molecule has 2 aliphatic rings. The lowest BCUT2D eigenvalue weighted by Gasteiger charge is -2.52. The summed E-state index contributed by atoms with van der Waals surface area (Å²) in [7, 11) is 0. The number of furan rings is 4. The van der Waals surface area contributed by atoms with Crippen LogP contribution >= 0.6 is 0 Å². The van der Waals surface area contributed by atoms with Crippen molar-refractivity contribution in [3.05, 3.63) is 216 Å². The molecular formula is C65H44N4O4. The lowest BCUT2D eigenvalue weighted by molar-refractivity contribution is 0.476. The fourth-order valence-corrected chi connectivity index (χ4v) is 12.3. The molecule has 10 aromatic carbocycles. The van der Waals surface area contributed by atoms with Crippen molar-refractivity contribution in [2.45, 2.75) is 33.6 Å². The maximum absolute atomic E-state index is 7.18. The Balaban J connectivity index is 1.16. The first kappa shape index (κ1) is 40.3. The average molecular weight is 945 g/mol. The first-order chi connectivity index (χ1) is 35.9. The molecule has 6 heterocycles. The molecule has 0 bridgehead atoms. The van der Waals surface area contributed by atoms with Gasteiger partial charge in [-0.3, -0.25) is 19.6 Å². The van der Waals surface area contributed by atoms with Crippen LogP contribution in [0.1, 0.15) is 22.3 Å². The Morgan fingerprint density at radius 3 is 0.712 bits per heavy atom. The van der Waals surface area contributed by atoms with Gasteiger partial charge in [0.1, 0.15) is 22.3 Å². The van der Waals surface area contributed by atoms with E-state index in [9.17, 15) is 0 Å². The number of rotatable bonds is 4. The first-order valence-electron chi connectivity index (χ1n) is 24.9. The molecule has 0 saturated heterocycles. The van der Waals surface area contributed by atoms with Crippen LogP contribution in [0.15, 0.2) is 212 Å². The van der Waals surface area contributed by atoms with Crippen molar-refractivity contribution in [1.82, 2.24) is 0 Å². The van der Waals surface area contributed by atoms with E-state index >= 15 is 0 Å². The van der Waals surface area contributed by atoms with E-state index in [1.54, 1.807) is 0 Å². The molecule has 14 aromatic rings. The second-order valence-corrected chi connectivity index (χ2v) is 19.8. The molecule has 0 fully saturated rings. The first-order valence-corrected chi connectivity index (χ1v) is 24.9. The second kappa shape index (κ2) is 14.4. The van der Waals surface area contributed by atoms with Gasteiger partial charge in [0.05, 0.1) is 45.5 Å². The molecule has 8 heteroatoms. The fraction of sp³-hybridized carbons (Fsp3) is 0.0769. The van der Waals surface area contributed by atoms with Crippen LogP contribution in [0.25, 0.3) is 87.8 Å². The Hall–Kier alpha value is -9.40. The summed E-state index contributed by atoms with van der Waals surface area (Å²) < 4.78 is 28.7. The zero-order valence-electron chi connectivity index (χ0n) is 40.4. The quantitative estimate of drug-likeness (QED) is 0.173. The van der Waals surface area contributed by atoms with Gasteiger partial charge in [-0.15, -0.1) is 0 Å². The molecule has 4 aromatic heterocycles. The molecular weight excluding hydrogens is 901 g/mol. The van der Waals surface area contributed by atoms with Crippen LogP contribution in [0.2, 0.25) is 0 Å². The zero-order valence-corrected chi connectivity index (χ0v) is 40.4. The highest BCUT2D eigenvalue weighted by Gasteiger charge is 2.66. The van der Waals surface area contributed by atoms with E-state index in [2.05, 4.69) is 217 Å². The van der Waals surface area contributed by atoms with Gasteiger partial charge in [-0.05, 0) is 123 Å². The SMILES string of the molecule is Cc1cc2c(cc1C)N(c1cccc3c1oc1ccccc13)C1(N2c2cccc3c2oc2ccccc23)N(c2cccc3c2oc2ccccc23)c2cc(C)c(C)cc2N1c1cccc2c1oc1ccccc12. The van der Waals surface area contributed by atoms with E-state index in [-0.39, 0.29) is 0 Å². The minimum atomic E-state index is -1.44. The molecule has 0 unspecified atom stereocenters. The van der Waals surface area contributed by atoms with Gasteiger partial charge in [0.25, 0.3) is 5.91 Å². The van der Waals surface area contributed by atoms with Gasteiger partial charge in [-0.2, -0.15) is 0 Å². The van der Waals surface area contributed by atoms with Crippen LogP contribution in [0.3, 0.4) is 0 Å². The van der Waals surface area contributed by atoms with Gasteiger partial charge < -0.3 is 17.7 Å². The van der Waals surface area contributed by atoms with Crippen LogP contribution in [0.4, 0.5) is 45.5 Å². The molecule has 348 valence electrons. The summed E-state index contributed by atoms with van der Waals surface area (Å²) in [5, 5.41) is 8.26. The summed E-state index contributed by atoms with van der Waals surface area (Å²) in [5.74, 6) is -1.44. The number of hydrogen-bond acceptors (Lipinski definition) is 8. The number of anilines is 8. The molecule has 8 nitrogen and oxygen atoms in total. The molecule has 0 aliphatic carbocycles. The maximum Gasteiger partial charge on any atom is 0.296 e. The third kappa shape index (κ3) is 5.18. The lowest BCUT2D eigenvalue weighted by atomic mass is 10.1. The highest BCUT2D eigenvalue weighted by molar-refractivity contribution is 6.18. The monoisotopic (exact) mass is 944 g/mol. The van der Waals surface area contributed by atoms with E-state index in [0.717, 1.165) is 156 Å². The molecule has 0 atom stereocenters. The summed E-state index contributed by atoms with van der Waals surface area (Å²) >= 11 is 0. The number of nitrogens with zero attached hydrogens (tertiary/aromatic N) is 4. The Morgan fingerprint density at radius 1 is 0.247 bits per heavy atom. The number of para-hydroxylation sites is 8. The van der Waals surface area contributed by atoms with Crippen molar-refractivity contribution >= 4 is 133 Å². The standard InChI is InChI=1S/C65H44N4O4/c1-37-33-53-54(34-38(37)2)67(50-26-14-22-46-42-18-6-10-30-58(42)71-62(46)50)65(66(53)49-25-13-21-45-41-17-5-9-29-57(41)70-61(45)49)68(51-27-15-23-47-43-19-7-11-31-59(43)72-63(47)51)55-35-39(3)40(4)36-56(55)69(65)52-28-16-24-48-44-20-8-12-32-60(44)73-64(48)52/h5-36H,1-4H3. The van der Waals surface area contributed by atoms with Crippen molar-refractivity contribution in [3.63, 3.8) is 0 Å². The Bertz CT molecular complexity index is 4090. The summed E-state index contributed by atoms with van der Waals surface area (Å²) in [6, 6.07) is 69.1. The van der Waals surface area contributed by atoms with Crippen molar-refractivity contribution < 1.29 is 17.7 Å². The van der Waals surface area contributed by atoms with Gasteiger partial charge in [-0.1, -0.05) is 121 Å².